The van der Waals surface area contributed by atoms with Crippen molar-refractivity contribution >= 4 is 0 Å². The topological polar surface area (TPSA) is 50.7 Å². The average molecular weight is 315 g/mol. The molecule has 4 nitrogen and oxygen atoms in total. The standard InChI is InChI=1S/C19H25NO3/c1-15(2)20-12-17(21)14-23-19-10-8-18(9-11-19)22-13-16-6-4-3-5-7-16/h3-11,15,17,20-21H,12-14H2,1-2H3/t17-/m0/s1. The Morgan fingerprint density at radius 2 is 1.52 bits per heavy atom. The predicted octanol–water partition coefficient (Wildman–Crippen LogP) is 3.00. The zero-order chi connectivity index (χ0) is 16.5. The molecule has 0 heterocycles. The summed E-state index contributed by atoms with van der Waals surface area (Å²) in [4.78, 5) is 0. The van der Waals surface area contributed by atoms with Crippen molar-refractivity contribution in [2.75, 3.05) is 13.2 Å². The maximum absolute atomic E-state index is 9.81. The molecule has 2 N–H and O–H groups in total. The van der Waals surface area contributed by atoms with Crippen molar-refractivity contribution in [3.05, 3.63) is 60.2 Å². The number of ether oxygens (including phenoxy) is 2. The highest BCUT2D eigenvalue weighted by Crippen LogP contribution is 2.18. The fourth-order valence-corrected chi connectivity index (χ4v) is 2.00. The molecule has 0 bridgehead atoms. The molecule has 0 aliphatic heterocycles. The zero-order valence-electron chi connectivity index (χ0n) is 13.7. The first-order valence-electron chi connectivity index (χ1n) is 7.94. The Labute approximate surface area is 138 Å². The Bertz CT molecular complexity index is 555. The van der Waals surface area contributed by atoms with E-state index >= 15 is 0 Å². The van der Waals surface area contributed by atoms with E-state index in [9.17, 15) is 5.11 Å². The number of hydrogen-bond acceptors (Lipinski definition) is 4. The van der Waals surface area contributed by atoms with Crippen molar-refractivity contribution in [1.82, 2.24) is 5.32 Å². The summed E-state index contributed by atoms with van der Waals surface area (Å²) in [6.45, 7) is 5.42. The van der Waals surface area contributed by atoms with Gasteiger partial charge in [-0.2, -0.15) is 0 Å². The minimum absolute atomic E-state index is 0.268. The van der Waals surface area contributed by atoms with Crippen molar-refractivity contribution in [1.29, 1.82) is 0 Å². The SMILES string of the molecule is CC(C)NC[C@H](O)COc1ccc(OCc2ccccc2)cc1. The predicted molar refractivity (Wildman–Crippen MR) is 91.9 cm³/mol. The van der Waals surface area contributed by atoms with E-state index in [1.807, 2.05) is 68.4 Å². The van der Waals surface area contributed by atoms with Gasteiger partial charge in [0.2, 0.25) is 0 Å². The third-order valence-corrected chi connectivity index (χ3v) is 3.28. The summed E-state index contributed by atoms with van der Waals surface area (Å²) in [6, 6.07) is 17.8. The van der Waals surface area contributed by atoms with Crippen LogP contribution in [-0.4, -0.2) is 30.4 Å². The number of benzene rings is 2. The van der Waals surface area contributed by atoms with Gasteiger partial charge >= 0.3 is 0 Å². The zero-order valence-corrected chi connectivity index (χ0v) is 13.7. The highest BCUT2D eigenvalue weighted by molar-refractivity contribution is 5.31. The highest BCUT2D eigenvalue weighted by atomic mass is 16.5. The molecule has 0 spiro atoms. The minimum Gasteiger partial charge on any atom is -0.491 e. The van der Waals surface area contributed by atoms with Crippen LogP contribution in [0.25, 0.3) is 0 Å². The van der Waals surface area contributed by atoms with Crippen LogP contribution >= 0.6 is 0 Å². The van der Waals surface area contributed by atoms with Gasteiger partial charge in [-0.25, -0.2) is 0 Å². The van der Waals surface area contributed by atoms with E-state index in [4.69, 9.17) is 9.47 Å². The molecule has 23 heavy (non-hydrogen) atoms. The second kappa shape index (κ2) is 9.18. The van der Waals surface area contributed by atoms with E-state index in [-0.39, 0.29) is 6.61 Å². The number of aliphatic hydroxyl groups excluding tert-OH is 1. The van der Waals surface area contributed by atoms with E-state index in [2.05, 4.69) is 5.32 Å². The first-order chi connectivity index (χ1) is 11.1. The lowest BCUT2D eigenvalue weighted by Gasteiger charge is -2.15. The van der Waals surface area contributed by atoms with Crippen LogP contribution in [0.4, 0.5) is 0 Å². The first kappa shape index (κ1) is 17.3. The van der Waals surface area contributed by atoms with Crippen LogP contribution in [0.1, 0.15) is 19.4 Å². The average Bonchev–Trinajstić information content (AvgIpc) is 2.58. The van der Waals surface area contributed by atoms with Crippen LogP contribution in [0.5, 0.6) is 11.5 Å². The molecule has 0 aliphatic carbocycles. The molecule has 4 heteroatoms. The summed E-state index contributed by atoms with van der Waals surface area (Å²) in [6.07, 6.45) is -0.522. The van der Waals surface area contributed by atoms with Gasteiger partial charge in [0.1, 0.15) is 30.8 Å². The Morgan fingerprint density at radius 1 is 0.913 bits per heavy atom. The van der Waals surface area contributed by atoms with Crippen LogP contribution in [0.2, 0.25) is 0 Å². The van der Waals surface area contributed by atoms with Crippen molar-refractivity contribution in [2.45, 2.75) is 32.6 Å². The Balaban J connectivity index is 1.73. The molecule has 0 saturated heterocycles. The highest BCUT2D eigenvalue weighted by Gasteiger charge is 2.06. The molecule has 0 radical (unpaired) electrons. The third-order valence-electron chi connectivity index (χ3n) is 3.28. The van der Waals surface area contributed by atoms with Gasteiger partial charge in [0.15, 0.2) is 0 Å². The molecule has 124 valence electrons. The van der Waals surface area contributed by atoms with Gasteiger partial charge in [0.25, 0.3) is 0 Å². The van der Waals surface area contributed by atoms with E-state index in [1.165, 1.54) is 0 Å². The van der Waals surface area contributed by atoms with E-state index < -0.39 is 6.10 Å². The fraction of sp³-hybridized carbons (Fsp3) is 0.368. The molecule has 0 aromatic heterocycles. The Morgan fingerprint density at radius 3 is 2.13 bits per heavy atom. The van der Waals surface area contributed by atoms with Gasteiger partial charge in [-0.15, -0.1) is 0 Å². The van der Waals surface area contributed by atoms with Crippen LogP contribution in [0.3, 0.4) is 0 Å². The molecular formula is C19H25NO3. The minimum atomic E-state index is -0.522. The van der Waals surface area contributed by atoms with E-state index in [1.54, 1.807) is 0 Å². The van der Waals surface area contributed by atoms with Gasteiger partial charge < -0.3 is 19.9 Å². The van der Waals surface area contributed by atoms with Gasteiger partial charge in [-0.05, 0) is 29.8 Å². The van der Waals surface area contributed by atoms with Gasteiger partial charge in [-0.1, -0.05) is 44.2 Å². The molecule has 2 aromatic rings. The van der Waals surface area contributed by atoms with Crippen molar-refractivity contribution in [3.8, 4) is 11.5 Å². The van der Waals surface area contributed by atoms with Crippen LogP contribution in [0, 0.1) is 0 Å². The normalized spacial score (nSPS) is 12.2. The summed E-state index contributed by atoms with van der Waals surface area (Å²) in [5.74, 6) is 1.52. The van der Waals surface area contributed by atoms with E-state index in [0.717, 1.165) is 17.1 Å². The molecule has 1 atom stereocenters. The third kappa shape index (κ3) is 6.72. The number of nitrogens with one attached hydrogen (secondary N) is 1. The molecule has 2 aromatic carbocycles. The van der Waals surface area contributed by atoms with Crippen molar-refractivity contribution in [2.24, 2.45) is 0 Å². The molecule has 2 rings (SSSR count). The van der Waals surface area contributed by atoms with Gasteiger partial charge in [0, 0.05) is 12.6 Å². The Hall–Kier alpha value is -2.04. The van der Waals surface area contributed by atoms with Gasteiger partial charge in [0.05, 0.1) is 0 Å². The maximum Gasteiger partial charge on any atom is 0.120 e. The molecular weight excluding hydrogens is 290 g/mol. The monoisotopic (exact) mass is 315 g/mol. The molecule has 0 aliphatic rings. The quantitative estimate of drug-likeness (QED) is 0.747. The largest absolute Gasteiger partial charge is 0.491 e. The molecule has 0 saturated carbocycles. The fourth-order valence-electron chi connectivity index (χ4n) is 2.00. The lowest BCUT2D eigenvalue weighted by molar-refractivity contribution is 0.104. The Kier molecular flexibility index (Phi) is 6.91. The molecule has 0 amide bonds. The lowest BCUT2D eigenvalue weighted by Crippen LogP contribution is -2.35. The first-order valence-corrected chi connectivity index (χ1v) is 7.94. The van der Waals surface area contributed by atoms with E-state index in [0.29, 0.717) is 19.2 Å². The summed E-state index contributed by atoms with van der Waals surface area (Å²) in [5, 5.41) is 13.0. The summed E-state index contributed by atoms with van der Waals surface area (Å²) in [7, 11) is 0. The van der Waals surface area contributed by atoms with Gasteiger partial charge in [-0.3, -0.25) is 0 Å². The second-order valence-electron chi connectivity index (χ2n) is 5.77. The number of hydrogen-bond donors (Lipinski definition) is 2. The second-order valence-corrected chi connectivity index (χ2v) is 5.77. The maximum atomic E-state index is 9.81. The van der Waals surface area contributed by atoms with Crippen LogP contribution in [0.15, 0.2) is 54.6 Å². The number of aliphatic hydroxyl groups is 1. The molecule has 0 fully saturated rings. The van der Waals surface area contributed by atoms with Crippen LogP contribution < -0.4 is 14.8 Å². The molecule has 0 unspecified atom stereocenters. The smallest absolute Gasteiger partial charge is 0.120 e. The van der Waals surface area contributed by atoms with Crippen LogP contribution in [-0.2, 0) is 6.61 Å². The summed E-state index contributed by atoms with van der Waals surface area (Å²) >= 11 is 0. The number of rotatable bonds is 9. The summed E-state index contributed by atoms with van der Waals surface area (Å²) < 4.78 is 11.3. The summed E-state index contributed by atoms with van der Waals surface area (Å²) in [5.41, 5.74) is 1.13. The lowest BCUT2D eigenvalue weighted by atomic mass is 10.2. The van der Waals surface area contributed by atoms with Crippen molar-refractivity contribution < 1.29 is 14.6 Å². The van der Waals surface area contributed by atoms with Crippen molar-refractivity contribution in [3.63, 3.8) is 0 Å².